The number of ether oxygens (including phenoxy) is 4. The number of aliphatic hydroxyl groups is 1. The SMILES string of the molecule is CC/C=C\C/C=C\C/C=C\C/C=C\CCCCC(=O)OCC(COP(=O)(O)OCC(O)COP(=O)(O)OCC(COC(=O)CCCCCCCC/C=C\C/C=C\C/C=C\CCCCC)OC(=O)CCCCCCC/C=C\CCCC)OC(=O)CCCCCCC/C=C\CCCC. The van der Waals surface area contributed by atoms with Crippen LogP contribution >= 0.6 is 15.6 Å². The molecule has 0 aromatic heterocycles. The van der Waals surface area contributed by atoms with Crippen LogP contribution < -0.4 is 0 Å². The van der Waals surface area contributed by atoms with E-state index in [0.717, 1.165) is 173 Å². The molecule has 0 saturated heterocycles. The van der Waals surface area contributed by atoms with Gasteiger partial charge in [-0.2, -0.15) is 0 Å². The number of carbonyl (C=O) groups excluding carboxylic acids is 4. The minimum absolute atomic E-state index is 0.0739. The van der Waals surface area contributed by atoms with E-state index < -0.39 is 97.5 Å². The summed E-state index contributed by atoms with van der Waals surface area (Å²) in [7, 11) is -9.96. The lowest BCUT2D eigenvalue weighted by Crippen LogP contribution is -2.30. The zero-order valence-electron chi connectivity index (χ0n) is 60.0. The van der Waals surface area contributed by atoms with E-state index in [1.807, 2.05) is 0 Å². The number of allylic oxidation sites excluding steroid dienone is 18. The number of phosphoric ester groups is 2. The molecule has 0 spiro atoms. The normalized spacial score (nSPS) is 14.6. The maximum atomic E-state index is 13.0. The second-order valence-corrected chi connectivity index (χ2v) is 27.4. The van der Waals surface area contributed by atoms with Gasteiger partial charge in [-0.15, -0.1) is 0 Å². The van der Waals surface area contributed by atoms with Crippen molar-refractivity contribution in [2.24, 2.45) is 0 Å². The molecular weight excluding hydrogens is 1260 g/mol. The van der Waals surface area contributed by atoms with Crippen LogP contribution in [0.25, 0.3) is 0 Å². The van der Waals surface area contributed by atoms with Crippen LogP contribution in [0.2, 0.25) is 0 Å². The minimum Gasteiger partial charge on any atom is -0.462 e. The molecule has 3 N–H and O–H groups in total. The Kier molecular flexibility index (Phi) is 66.1. The van der Waals surface area contributed by atoms with E-state index >= 15 is 0 Å². The van der Waals surface area contributed by atoms with Crippen molar-refractivity contribution in [1.82, 2.24) is 0 Å². The van der Waals surface area contributed by atoms with Crippen molar-refractivity contribution in [3.8, 4) is 0 Å². The summed E-state index contributed by atoms with van der Waals surface area (Å²) in [6, 6.07) is 0. The van der Waals surface area contributed by atoms with Gasteiger partial charge in [0.2, 0.25) is 0 Å². The van der Waals surface area contributed by atoms with Crippen molar-refractivity contribution < 1.29 is 80.2 Å². The fraction of sp³-hybridized carbons (Fsp3) is 0.714. The van der Waals surface area contributed by atoms with Gasteiger partial charge in [0.15, 0.2) is 12.2 Å². The highest BCUT2D eigenvalue weighted by atomic mass is 31.2. The van der Waals surface area contributed by atoms with Gasteiger partial charge in [-0.1, -0.05) is 240 Å². The van der Waals surface area contributed by atoms with Gasteiger partial charge >= 0.3 is 39.5 Å². The number of esters is 4. The van der Waals surface area contributed by atoms with Crippen LogP contribution in [-0.4, -0.2) is 96.7 Å². The van der Waals surface area contributed by atoms with Gasteiger partial charge in [0.05, 0.1) is 26.4 Å². The molecule has 552 valence electrons. The van der Waals surface area contributed by atoms with Crippen molar-refractivity contribution >= 4 is 39.5 Å². The lowest BCUT2D eigenvalue weighted by Gasteiger charge is -2.21. The molecule has 96 heavy (non-hydrogen) atoms. The van der Waals surface area contributed by atoms with E-state index in [-0.39, 0.29) is 25.7 Å². The zero-order chi connectivity index (χ0) is 70.4. The molecule has 0 saturated carbocycles. The summed E-state index contributed by atoms with van der Waals surface area (Å²) in [5.41, 5.74) is 0. The Morgan fingerprint density at radius 1 is 0.302 bits per heavy atom. The van der Waals surface area contributed by atoms with Gasteiger partial charge in [0.1, 0.15) is 19.3 Å². The Morgan fingerprint density at radius 3 is 0.896 bits per heavy atom. The molecule has 0 aromatic rings. The predicted molar refractivity (Wildman–Crippen MR) is 390 cm³/mol. The molecule has 0 fully saturated rings. The largest absolute Gasteiger partial charge is 0.472 e. The maximum Gasteiger partial charge on any atom is 0.472 e. The third-order valence-electron chi connectivity index (χ3n) is 15.2. The summed E-state index contributed by atoms with van der Waals surface area (Å²) < 4.78 is 68.2. The van der Waals surface area contributed by atoms with E-state index in [2.05, 4.69) is 137 Å². The molecule has 0 amide bonds. The number of phosphoric acid groups is 2. The van der Waals surface area contributed by atoms with E-state index in [1.54, 1.807) is 0 Å². The molecule has 17 nitrogen and oxygen atoms in total. The van der Waals surface area contributed by atoms with Crippen molar-refractivity contribution in [2.75, 3.05) is 39.6 Å². The highest BCUT2D eigenvalue weighted by Crippen LogP contribution is 2.45. The third-order valence-corrected chi connectivity index (χ3v) is 17.1. The first kappa shape index (κ1) is 91.7. The molecule has 5 unspecified atom stereocenters. The van der Waals surface area contributed by atoms with Crippen LogP contribution in [0, 0.1) is 0 Å². The summed E-state index contributed by atoms with van der Waals surface area (Å²) >= 11 is 0. The van der Waals surface area contributed by atoms with E-state index in [0.29, 0.717) is 25.7 Å². The van der Waals surface area contributed by atoms with Crippen LogP contribution in [0.5, 0.6) is 0 Å². The summed E-state index contributed by atoms with van der Waals surface area (Å²) in [4.78, 5) is 72.6. The third kappa shape index (κ3) is 68.3. The number of unbranched alkanes of at least 4 members (excludes halogenated alkanes) is 25. The first-order valence-electron chi connectivity index (χ1n) is 37.1. The second kappa shape index (κ2) is 69.2. The molecule has 0 radical (unpaired) electrons. The fourth-order valence-electron chi connectivity index (χ4n) is 9.47. The molecule has 0 aliphatic heterocycles. The zero-order valence-corrected chi connectivity index (χ0v) is 61.8. The van der Waals surface area contributed by atoms with Gasteiger partial charge in [-0.05, 0) is 141 Å². The Labute approximate surface area is 581 Å². The van der Waals surface area contributed by atoms with Gasteiger partial charge in [0.25, 0.3) is 0 Å². The molecular formula is C77H132O17P2. The average molecular weight is 1390 g/mol. The molecule has 0 bridgehead atoms. The smallest absolute Gasteiger partial charge is 0.462 e. The van der Waals surface area contributed by atoms with Crippen LogP contribution in [0.3, 0.4) is 0 Å². The molecule has 0 rings (SSSR count). The molecule has 19 heteroatoms. The first-order valence-corrected chi connectivity index (χ1v) is 40.1. The quantitative estimate of drug-likeness (QED) is 0.0169. The summed E-state index contributed by atoms with van der Waals surface area (Å²) in [6.45, 7) is 4.56. The van der Waals surface area contributed by atoms with Crippen molar-refractivity contribution in [3.63, 3.8) is 0 Å². The lowest BCUT2D eigenvalue weighted by atomic mass is 10.1. The molecule has 0 aromatic carbocycles. The standard InChI is InChI=1S/C77H132O17P2/c1-5-9-13-17-21-25-29-31-33-34-35-36-38-40-44-46-50-54-58-62-75(80)88-68-73(94-77(82)64-60-56-52-48-42-28-24-20-16-12-8-4)70-92-96(85,86)90-66-71(78)65-89-95(83,84)91-69-72(93-76(81)63-59-55-51-47-41-27-23-19-15-11-7-3)67-87-74(79)61-57-53-49-45-43-39-37-32-30-26-22-18-14-10-6-2/h10,14,19-26,31-33,35-37,43,45,71-73,78H,5-9,11-13,15-18,27-30,34,38-42,44,46-70H2,1-4H3,(H,83,84)(H,85,86)/b14-10-,23-19-,24-20-,25-21-,26-22-,33-31-,36-35-,37-32-,45-43-. The number of hydrogen-bond acceptors (Lipinski definition) is 15. The van der Waals surface area contributed by atoms with E-state index in [9.17, 15) is 43.2 Å². The molecule has 0 aliphatic rings. The number of aliphatic hydroxyl groups excluding tert-OH is 1. The summed E-state index contributed by atoms with van der Waals surface area (Å²) in [5, 5.41) is 10.6. The van der Waals surface area contributed by atoms with Crippen LogP contribution in [-0.2, 0) is 65.4 Å². The first-order chi connectivity index (χ1) is 46.7. The van der Waals surface area contributed by atoms with Crippen LogP contribution in [0.1, 0.15) is 297 Å². The van der Waals surface area contributed by atoms with E-state index in [4.69, 9.17) is 37.0 Å². The number of rotatable bonds is 69. The lowest BCUT2D eigenvalue weighted by molar-refractivity contribution is -0.161. The minimum atomic E-state index is -4.98. The molecule has 0 aliphatic carbocycles. The highest BCUT2D eigenvalue weighted by Gasteiger charge is 2.30. The van der Waals surface area contributed by atoms with Gasteiger partial charge < -0.3 is 33.8 Å². The molecule has 0 heterocycles. The monoisotopic (exact) mass is 1390 g/mol. The van der Waals surface area contributed by atoms with Crippen molar-refractivity contribution in [3.05, 3.63) is 109 Å². The van der Waals surface area contributed by atoms with Gasteiger partial charge in [-0.25, -0.2) is 9.13 Å². The summed E-state index contributed by atoms with van der Waals surface area (Å²) in [5.74, 6) is -2.25. The summed E-state index contributed by atoms with van der Waals surface area (Å²) in [6.07, 6.45) is 72.4. The van der Waals surface area contributed by atoms with Crippen molar-refractivity contribution in [1.29, 1.82) is 0 Å². The maximum absolute atomic E-state index is 13.0. The predicted octanol–water partition coefficient (Wildman–Crippen LogP) is 21.0. The van der Waals surface area contributed by atoms with Gasteiger partial charge in [-0.3, -0.25) is 37.3 Å². The topological polar surface area (TPSA) is 237 Å². The highest BCUT2D eigenvalue weighted by molar-refractivity contribution is 7.47. The average Bonchev–Trinajstić information content (AvgIpc) is 1.56. The fourth-order valence-corrected chi connectivity index (χ4v) is 11.1. The van der Waals surface area contributed by atoms with E-state index in [1.165, 1.54) is 44.9 Å². The van der Waals surface area contributed by atoms with Crippen LogP contribution in [0.15, 0.2) is 109 Å². The molecule has 5 atom stereocenters. The Hall–Kier alpha value is -4.28. The Balaban J connectivity index is 5.32. The Morgan fingerprint density at radius 2 is 0.552 bits per heavy atom. The van der Waals surface area contributed by atoms with Gasteiger partial charge in [0, 0.05) is 25.7 Å². The van der Waals surface area contributed by atoms with Crippen LogP contribution in [0.4, 0.5) is 0 Å². The van der Waals surface area contributed by atoms with Crippen molar-refractivity contribution in [2.45, 2.75) is 316 Å². The Bertz CT molecular complexity index is 2250. The number of hydrogen-bond donors (Lipinski definition) is 3. The second-order valence-electron chi connectivity index (χ2n) is 24.5. The number of carbonyl (C=O) groups is 4.